The number of imide groups is 3. The third-order valence-corrected chi connectivity index (χ3v) is 6.21. The van der Waals surface area contributed by atoms with E-state index in [1.807, 2.05) is 0 Å². The second-order valence-corrected chi connectivity index (χ2v) is 10.8. The van der Waals surface area contributed by atoms with E-state index in [0.29, 0.717) is 0 Å². The highest BCUT2D eigenvalue weighted by molar-refractivity contribution is 7.49. The molecule has 23 heteroatoms. The summed E-state index contributed by atoms with van der Waals surface area (Å²) in [6.07, 6.45) is -3.91. The number of methoxy groups -OCH3 is 3. The first-order valence-electron chi connectivity index (χ1n) is 9.72. The van der Waals surface area contributed by atoms with Gasteiger partial charge in [-0.25, -0.2) is 29.1 Å². The molecule has 0 saturated carbocycles. The zero-order chi connectivity index (χ0) is 32.4. The fourth-order valence-corrected chi connectivity index (χ4v) is 4.30. The number of carbonyl (C=O) groups excluding carboxylic acids is 6. The van der Waals surface area contributed by atoms with Gasteiger partial charge in [0, 0.05) is 21.1 Å². The lowest BCUT2D eigenvalue weighted by Crippen LogP contribution is -2.36. The molecule has 0 aliphatic carbocycles. The molecule has 0 aromatic heterocycles. The van der Waals surface area contributed by atoms with Crippen LogP contribution in [-0.2, 0) is 46.7 Å². The van der Waals surface area contributed by atoms with E-state index < -0.39 is 74.6 Å². The standard InChI is InChI=1S/C18H18Cl6N3O13P/c1-25(16(31)35-4)13(28)7(10(19)20)38-41(34,39-8(11(21)22)14(29)26(2)17(32)36-5)40-9(12(23)24)15(30)27(3)18(33)37-6/h1-6H3. The third kappa shape index (κ3) is 10.6. The smallest absolute Gasteiger partial charge is 0.452 e. The number of amides is 6. The number of halogens is 6. The zero-order valence-corrected chi connectivity index (χ0v) is 26.8. The van der Waals surface area contributed by atoms with Gasteiger partial charge in [0.15, 0.2) is 13.5 Å². The number of phosphoric acid groups is 1. The highest BCUT2D eigenvalue weighted by atomic mass is 35.5. The van der Waals surface area contributed by atoms with Crippen molar-refractivity contribution in [2.24, 2.45) is 0 Å². The summed E-state index contributed by atoms with van der Waals surface area (Å²) in [4.78, 5) is 74.4. The van der Waals surface area contributed by atoms with E-state index >= 15 is 0 Å². The van der Waals surface area contributed by atoms with Crippen LogP contribution in [0, 0.1) is 0 Å². The fraction of sp³-hybridized carbons (Fsp3) is 0.333. The van der Waals surface area contributed by atoms with Crippen molar-refractivity contribution >= 4 is 113 Å². The fourth-order valence-electron chi connectivity index (χ4n) is 1.97. The highest BCUT2D eigenvalue weighted by Gasteiger charge is 2.45. The summed E-state index contributed by atoms with van der Waals surface area (Å²) < 4.78 is 38.4. The molecule has 41 heavy (non-hydrogen) atoms. The van der Waals surface area contributed by atoms with E-state index in [4.69, 9.17) is 83.2 Å². The monoisotopic (exact) mass is 725 g/mol. The van der Waals surface area contributed by atoms with Gasteiger partial charge in [0.1, 0.15) is 0 Å². The maximum atomic E-state index is 13.9. The molecule has 0 heterocycles. The summed E-state index contributed by atoms with van der Waals surface area (Å²) >= 11 is 34.0. The normalized spacial score (nSPS) is 10.1. The summed E-state index contributed by atoms with van der Waals surface area (Å²) in [6.45, 7) is 0. The van der Waals surface area contributed by atoms with E-state index in [0.717, 1.165) is 42.5 Å². The molecule has 0 bridgehead atoms. The molecule has 0 fully saturated rings. The summed E-state index contributed by atoms with van der Waals surface area (Å²) in [5.74, 6) is -8.77. The molecular formula is C18H18Cl6N3O13P. The number of ether oxygens (including phenoxy) is 3. The molecule has 16 nitrogen and oxygen atoms in total. The molecule has 0 radical (unpaired) electrons. The number of hydrogen-bond acceptors (Lipinski definition) is 13. The Bertz CT molecular complexity index is 1100. The number of carbonyl (C=O) groups is 6. The van der Waals surface area contributed by atoms with Gasteiger partial charge in [-0.1, -0.05) is 69.6 Å². The van der Waals surface area contributed by atoms with Crippen molar-refractivity contribution in [1.82, 2.24) is 14.7 Å². The van der Waals surface area contributed by atoms with Gasteiger partial charge in [0.05, 0.1) is 21.3 Å². The van der Waals surface area contributed by atoms with Crippen molar-refractivity contribution in [3.05, 3.63) is 30.8 Å². The summed E-state index contributed by atoms with van der Waals surface area (Å²) in [5, 5.41) is 0. The molecule has 230 valence electrons. The molecular weight excluding hydrogens is 710 g/mol. The molecule has 0 rings (SSSR count). The van der Waals surface area contributed by atoms with Gasteiger partial charge < -0.3 is 27.8 Å². The van der Waals surface area contributed by atoms with Gasteiger partial charge in [-0.15, -0.1) is 0 Å². The first kappa shape index (κ1) is 38.4. The molecule has 0 spiro atoms. The van der Waals surface area contributed by atoms with Gasteiger partial charge in [0.2, 0.25) is 17.3 Å². The van der Waals surface area contributed by atoms with Crippen LogP contribution < -0.4 is 0 Å². The highest BCUT2D eigenvalue weighted by Crippen LogP contribution is 2.57. The maximum absolute atomic E-state index is 13.9. The third-order valence-electron chi connectivity index (χ3n) is 3.97. The Morgan fingerprint density at radius 3 is 0.829 bits per heavy atom. The van der Waals surface area contributed by atoms with E-state index in [1.54, 1.807) is 0 Å². The van der Waals surface area contributed by atoms with Crippen molar-refractivity contribution in [3.8, 4) is 0 Å². The van der Waals surface area contributed by atoms with Crippen LogP contribution in [0.3, 0.4) is 0 Å². The number of rotatable bonds is 9. The Kier molecular flexibility index (Phi) is 15.7. The van der Waals surface area contributed by atoms with Crippen LogP contribution in [0.1, 0.15) is 0 Å². The Balaban J connectivity index is 7.15. The molecule has 0 aromatic carbocycles. The average molecular weight is 728 g/mol. The molecule has 0 atom stereocenters. The SMILES string of the molecule is COC(=O)N(C)C(=O)C(OP(=O)(OC(C(=O)N(C)C(=O)OC)=C(Cl)Cl)OC(C(=O)N(C)C(=O)OC)=C(Cl)Cl)=C(Cl)Cl. The van der Waals surface area contributed by atoms with E-state index in [1.165, 1.54) is 0 Å². The number of nitrogens with zero attached hydrogens (tertiary/aromatic N) is 3. The van der Waals surface area contributed by atoms with Gasteiger partial charge in [0.25, 0.3) is 0 Å². The van der Waals surface area contributed by atoms with Crippen LogP contribution in [0.4, 0.5) is 14.4 Å². The lowest BCUT2D eigenvalue weighted by Gasteiger charge is -2.25. The first-order valence-corrected chi connectivity index (χ1v) is 13.5. The summed E-state index contributed by atoms with van der Waals surface area (Å²) in [6, 6.07) is 0. The Morgan fingerprint density at radius 1 is 0.488 bits per heavy atom. The molecule has 0 N–H and O–H groups in total. The average Bonchev–Trinajstić information content (AvgIpc) is 2.93. The predicted octanol–water partition coefficient (Wildman–Crippen LogP) is 4.76. The van der Waals surface area contributed by atoms with Crippen LogP contribution in [0.2, 0.25) is 0 Å². The largest absolute Gasteiger partial charge is 0.647 e. The minimum atomic E-state index is -5.83. The number of hydrogen-bond donors (Lipinski definition) is 0. The lowest BCUT2D eigenvalue weighted by atomic mass is 10.5. The van der Waals surface area contributed by atoms with Gasteiger partial charge >= 0.3 is 43.8 Å². The maximum Gasteiger partial charge on any atom is 0.647 e. The van der Waals surface area contributed by atoms with Crippen molar-refractivity contribution in [1.29, 1.82) is 0 Å². The molecule has 0 aromatic rings. The Morgan fingerprint density at radius 2 is 0.683 bits per heavy atom. The predicted molar refractivity (Wildman–Crippen MR) is 143 cm³/mol. The first-order chi connectivity index (χ1) is 18.8. The molecule has 6 amide bonds. The second kappa shape index (κ2) is 16.8. The number of phosphoric ester groups is 1. The topological polar surface area (TPSA) is 185 Å². The van der Waals surface area contributed by atoms with E-state index in [-0.39, 0.29) is 14.7 Å². The molecule has 0 unspecified atom stereocenters. The number of likely N-dealkylation sites (N-methyl/N-ethyl adjacent to an activating group) is 3. The second-order valence-electron chi connectivity index (χ2n) is 6.49. The lowest BCUT2D eigenvalue weighted by molar-refractivity contribution is -0.127. The van der Waals surface area contributed by atoms with E-state index in [2.05, 4.69) is 14.2 Å². The molecule has 0 aliphatic rings. The van der Waals surface area contributed by atoms with Gasteiger partial charge in [-0.3, -0.25) is 14.4 Å². The van der Waals surface area contributed by atoms with Crippen LogP contribution in [0.15, 0.2) is 30.8 Å². The van der Waals surface area contributed by atoms with Crippen molar-refractivity contribution in [3.63, 3.8) is 0 Å². The Hall–Kier alpha value is -2.59. The minimum Gasteiger partial charge on any atom is -0.452 e. The van der Waals surface area contributed by atoms with Gasteiger partial charge in [-0.05, 0) is 0 Å². The molecule has 0 aliphatic heterocycles. The quantitative estimate of drug-likeness (QED) is 0.137. The minimum absolute atomic E-state index is 0.216. The zero-order valence-electron chi connectivity index (χ0n) is 21.4. The van der Waals surface area contributed by atoms with Crippen LogP contribution in [-0.4, -0.2) is 93.2 Å². The van der Waals surface area contributed by atoms with E-state index in [9.17, 15) is 33.3 Å². The van der Waals surface area contributed by atoms with Gasteiger partial charge in [-0.2, -0.15) is 4.57 Å². The van der Waals surface area contributed by atoms with Crippen molar-refractivity contribution in [2.75, 3.05) is 42.5 Å². The Labute approximate surface area is 261 Å². The van der Waals surface area contributed by atoms with Crippen molar-refractivity contribution in [2.45, 2.75) is 0 Å². The van der Waals surface area contributed by atoms with Crippen LogP contribution in [0.5, 0.6) is 0 Å². The summed E-state index contributed by atoms with van der Waals surface area (Å²) in [5.41, 5.74) is 0. The van der Waals surface area contributed by atoms with Crippen molar-refractivity contribution < 1.29 is 61.1 Å². The summed E-state index contributed by atoms with van der Waals surface area (Å²) in [7, 11) is -0.634. The molecule has 0 saturated heterocycles. The van der Waals surface area contributed by atoms with Crippen LogP contribution in [0.25, 0.3) is 0 Å². The van der Waals surface area contributed by atoms with Crippen LogP contribution >= 0.6 is 77.4 Å².